The maximum Gasteiger partial charge on any atom is 0.416 e. The fourth-order valence-corrected chi connectivity index (χ4v) is 2.32. The molecular weight excluding hydrogens is 323 g/mol. The first kappa shape index (κ1) is 16.9. The van der Waals surface area contributed by atoms with E-state index < -0.39 is 38.6 Å². The summed E-state index contributed by atoms with van der Waals surface area (Å²) in [4.78, 5) is 21.5. The van der Waals surface area contributed by atoms with Crippen LogP contribution in [0.25, 0.3) is 0 Å². The summed E-state index contributed by atoms with van der Waals surface area (Å²) in [6, 6.07) is 0.633. The monoisotopic (exact) mass is 335 g/mol. The number of nitrogens with two attached hydrogens (primary N) is 1. The number of nitro benzene ring substituents is 2. The van der Waals surface area contributed by atoms with Gasteiger partial charge in [-0.1, -0.05) is 0 Å². The van der Waals surface area contributed by atoms with Crippen LogP contribution >= 0.6 is 0 Å². The molecular formula is C11H12F3N5O4. The fraction of sp³-hybridized carbons (Fsp3) is 0.455. The van der Waals surface area contributed by atoms with E-state index in [4.69, 9.17) is 5.84 Å². The summed E-state index contributed by atoms with van der Waals surface area (Å²) in [6.45, 7) is 0.803. The molecule has 0 saturated carbocycles. The zero-order valence-corrected chi connectivity index (χ0v) is 11.6. The van der Waals surface area contributed by atoms with Crippen LogP contribution in [0.4, 0.5) is 30.2 Å². The number of alkyl halides is 3. The van der Waals surface area contributed by atoms with Crippen molar-refractivity contribution in [3.63, 3.8) is 0 Å². The second-order valence-corrected chi connectivity index (χ2v) is 4.90. The molecule has 2 rings (SSSR count). The van der Waals surface area contributed by atoms with Crippen molar-refractivity contribution in [3.05, 3.63) is 37.9 Å². The standard InChI is InChI=1S/C11H12F3N5O4/c12-11(13,14)7-5-8(18(20)21)10(9(6-7)19(22)23)16-1-3-17(15)4-2-16/h5-6H,1-4,15H2. The molecule has 12 heteroatoms. The van der Waals surface area contributed by atoms with Gasteiger partial charge in [-0.2, -0.15) is 13.2 Å². The Morgan fingerprint density at radius 1 is 1.00 bits per heavy atom. The third-order valence-corrected chi connectivity index (χ3v) is 3.42. The van der Waals surface area contributed by atoms with Crippen LogP contribution in [0.2, 0.25) is 0 Å². The van der Waals surface area contributed by atoms with Crippen molar-refractivity contribution in [2.45, 2.75) is 6.18 Å². The molecule has 1 heterocycles. The topological polar surface area (TPSA) is 119 Å². The SMILES string of the molecule is NN1CCN(c2c([N+](=O)[O-])cc(C(F)(F)F)cc2[N+](=O)[O-])CC1. The summed E-state index contributed by atoms with van der Waals surface area (Å²) >= 11 is 0. The van der Waals surface area contributed by atoms with Crippen molar-refractivity contribution in [2.75, 3.05) is 31.1 Å². The zero-order valence-electron chi connectivity index (χ0n) is 11.6. The maximum atomic E-state index is 12.8. The van der Waals surface area contributed by atoms with E-state index in [1.165, 1.54) is 9.91 Å². The summed E-state index contributed by atoms with van der Waals surface area (Å²) < 4.78 is 38.5. The van der Waals surface area contributed by atoms with Gasteiger partial charge < -0.3 is 4.90 Å². The first-order valence-electron chi connectivity index (χ1n) is 6.40. The van der Waals surface area contributed by atoms with Gasteiger partial charge in [-0.05, 0) is 0 Å². The molecule has 126 valence electrons. The highest BCUT2D eigenvalue weighted by Gasteiger charge is 2.39. The molecule has 0 spiro atoms. The summed E-state index contributed by atoms with van der Waals surface area (Å²) in [5.74, 6) is 5.54. The molecule has 0 radical (unpaired) electrons. The van der Waals surface area contributed by atoms with E-state index >= 15 is 0 Å². The Morgan fingerprint density at radius 2 is 1.43 bits per heavy atom. The maximum absolute atomic E-state index is 12.8. The van der Waals surface area contributed by atoms with Gasteiger partial charge in [0.25, 0.3) is 11.4 Å². The van der Waals surface area contributed by atoms with Crippen LogP contribution in [0.5, 0.6) is 0 Å². The van der Waals surface area contributed by atoms with E-state index in [1.807, 2.05) is 0 Å². The Hall–Kier alpha value is -2.47. The molecule has 1 aromatic rings. The molecule has 0 unspecified atom stereocenters. The van der Waals surface area contributed by atoms with Crippen molar-refractivity contribution >= 4 is 17.1 Å². The number of rotatable bonds is 3. The van der Waals surface area contributed by atoms with Gasteiger partial charge in [0.2, 0.25) is 0 Å². The van der Waals surface area contributed by atoms with Crippen LogP contribution in [-0.2, 0) is 6.18 Å². The average molecular weight is 335 g/mol. The van der Waals surface area contributed by atoms with Gasteiger partial charge in [0, 0.05) is 38.3 Å². The van der Waals surface area contributed by atoms with Gasteiger partial charge in [-0.15, -0.1) is 0 Å². The minimum absolute atomic E-state index is 0.129. The molecule has 1 aliphatic heterocycles. The smallest absolute Gasteiger partial charge is 0.358 e. The highest BCUT2D eigenvalue weighted by atomic mass is 19.4. The lowest BCUT2D eigenvalue weighted by molar-refractivity contribution is -0.393. The first-order valence-corrected chi connectivity index (χ1v) is 6.40. The predicted molar refractivity (Wildman–Crippen MR) is 72.7 cm³/mol. The van der Waals surface area contributed by atoms with E-state index in [2.05, 4.69) is 0 Å². The molecule has 0 aromatic heterocycles. The number of hydrogen-bond acceptors (Lipinski definition) is 7. The van der Waals surface area contributed by atoms with E-state index in [0.717, 1.165) is 0 Å². The molecule has 1 aliphatic rings. The van der Waals surface area contributed by atoms with Crippen LogP contribution in [-0.4, -0.2) is 41.0 Å². The normalized spacial score (nSPS) is 16.4. The van der Waals surface area contributed by atoms with Crippen molar-refractivity contribution < 1.29 is 23.0 Å². The Labute approximate surface area is 127 Å². The number of halogens is 3. The van der Waals surface area contributed by atoms with Crippen molar-refractivity contribution in [1.29, 1.82) is 0 Å². The summed E-state index contributed by atoms with van der Waals surface area (Å²) in [5, 5.41) is 23.7. The van der Waals surface area contributed by atoms with Gasteiger partial charge in [-0.3, -0.25) is 26.1 Å². The van der Waals surface area contributed by atoms with Crippen LogP contribution in [0.15, 0.2) is 12.1 Å². The molecule has 1 saturated heterocycles. The van der Waals surface area contributed by atoms with Gasteiger partial charge in [-0.25, -0.2) is 5.01 Å². The molecule has 0 atom stereocenters. The Bertz CT molecular complexity index is 608. The minimum Gasteiger partial charge on any atom is -0.358 e. The van der Waals surface area contributed by atoms with Gasteiger partial charge in [0.05, 0.1) is 15.4 Å². The number of anilines is 1. The van der Waals surface area contributed by atoms with E-state index in [0.29, 0.717) is 12.1 Å². The molecule has 23 heavy (non-hydrogen) atoms. The zero-order chi connectivity index (χ0) is 17.4. The lowest BCUT2D eigenvalue weighted by atomic mass is 10.1. The fourth-order valence-electron chi connectivity index (χ4n) is 2.32. The largest absolute Gasteiger partial charge is 0.416 e. The van der Waals surface area contributed by atoms with Crippen LogP contribution in [0.3, 0.4) is 0 Å². The van der Waals surface area contributed by atoms with Crippen molar-refractivity contribution in [2.24, 2.45) is 5.84 Å². The Kier molecular flexibility index (Phi) is 4.38. The lowest BCUT2D eigenvalue weighted by Gasteiger charge is -2.33. The number of hydrazine groups is 1. The highest BCUT2D eigenvalue weighted by molar-refractivity contribution is 5.76. The van der Waals surface area contributed by atoms with E-state index in [1.54, 1.807) is 0 Å². The minimum atomic E-state index is -4.93. The number of nitro groups is 2. The predicted octanol–water partition coefficient (Wildman–Crippen LogP) is 1.52. The average Bonchev–Trinajstić information content (AvgIpc) is 2.45. The second-order valence-electron chi connectivity index (χ2n) is 4.90. The number of hydrogen-bond donors (Lipinski definition) is 1. The molecule has 1 aromatic carbocycles. The van der Waals surface area contributed by atoms with Crippen molar-refractivity contribution in [3.8, 4) is 0 Å². The van der Waals surface area contributed by atoms with Crippen LogP contribution in [0, 0.1) is 20.2 Å². The Balaban J connectivity index is 2.63. The van der Waals surface area contributed by atoms with Crippen LogP contribution < -0.4 is 10.7 Å². The number of piperazine rings is 1. The second kappa shape index (κ2) is 5.96. The molecule has 0 bridgehead atoms. The highest BCUT2D eigenvalue weighted by Crippen LogP contribution is 2.43. The third kappa shape index (κ3) is 3.48. The van der Waals surface area contributed by atoms with Gasteiger partial charge in [0.15, 0.2) is 5.69 Å². The quantitative estimate of drug-likeness (QED) is 0.505. The summed E-state index contributed by atoms with van der Waals surface area (Å²) in [6.07, 6.45) is -4.93. The summed E-state index contributed by atoms with van der Waals surface area (Å²) in [7, 11) is 0. The molecule has 0 aliphatic carbocycles. The Morgan fingerprint density at radius 3 is 1.78 bits per heavy atom. The number of benzene rings is 1. The van der Waals surface area contributed by atoms with Gasteiger partial charge >= 0.3 is 6.18 Å². The first-order chi connectivity index (χ1) is 10.6. The third-order valence-electron chi connectivity index (χ3n) is 3.42. The molecule has 2 N–H and O–H groups in total. The lowest BCUT2D eigenvalue weighted by Crippen LogP contribution is -2.49. The molecule has 0 amide bonds. The molecule has 9 nitrogen and oxygen atoms in total. The summed E-state index contributed by atoms with van der Waals surface area (Å²) in [5.41, 5.74) is -3.76. The van der Waals surface area contributed by atoms with Gasteiger partial charge in [0.1, 0.15) is 0 Å². The molecule has 1 fully saturated rings. The number of nitrogens with zero attached hydrogens (tertiary/aromatic N) is 4. The van der Waals surface area contributed by atoms with E-state index in [9.17, 15) is 33.4 Å². The van der Waals surface area contributed by atoms with Crippen molar-refractivity contribution in [1.82, 2.24) is 5.01 Å². The van der Waals surface area contributed by atoms with Crippen LogP contribution in [0.1, 0.15) is 5.56 Å². The van der Waals surface area contributed by atoms with E-state index in [-0.39, 0.29) is 26.2 Å².